The monoisotopic (exact) mass is 549 g/mol. The highest BCUT2D eigenvalue weighted by molar-refractivity contribution is 7.16. The van der Waals surface area contributed by atoms with Gasteiger partial charge in [0.25, 0.3) is 11.8 Å². The molecule has 3 aromatic heterocycles. The van der Waals surface area contributed by atoms with Gasteiger partial charge in [-0.05, 0) is 67.8 Å². The zero-order chi connectivity index (χ0) is 26.6. The Bertz CT molecular complexity index is 1410. The second-order valence-electron chi connectivity index (χ2n) is 10.1. The summed E-state index contributed by atoms with van der Waals surface area (Å²) in [5, 5.41) is 28.3. The van der Waals surface area contributed by atoms with Gasteiger partial charge in [0.1, 0.15) is 11.5 Å². The Hall–Kier alpha value is -3.60. The lowest BCUT2D eigenvalue weighted by atomic mass is 9.78. The van der Waals surface area contributed by atoms with Crippen molar-refractivity contribution < 1.29 is 9.59 Å². The molecule has 3 aromatic rings. The Morgan fingerprint density at radius 1 is 1.18 bits per heavy atom. The Kier molecular flexibility index (Phi) is 6.05. The van der Waals surface area contributed by atoms with Crippen LogP contribution in [0.4, 0.5) is 0 Å². The van der Waals surface area contributed by atoms with Crippen LogP contribution < -0.4 is 16.8 Å². The van der Waals surface area contributed by atoms with Crippen LogP contribution >= 0.6 is 22.7 Å². The van der Waals surface area contributed by atoms with Crippen molar-refractivity contribution in [2.24, 2.45) is 17.4 Å². The average molecular weight is 550 g/mol. The topological polar surface area (TPSA) is 180 Å². The molecule has 196 valence electrons. The fourth-order valence-corrected chi connectivity index (χ4v) is 8.71. The zero-order valence-corrected chi connectivity index (χ0v) is 22.2. The number of aryl methyl sites for hydroxylation is 2. The summed E-state index contributed by atoms with van der Waals surface area (Å²) in [6, 6.07) is 6.46. The third-order valence-electron chi connectivity index (χ3n) is 7.89. The van der Waals surface area contributed by atoms with E-state index in [-0.39, 0.29) is 6.04 Å². The SMILES string of the molecule is C=C(CNCCC1(c2nn[nH]n2)c2sc(C(N)=O)cc2CCc2cc(C(N)=O)sc21)N1C(C#N)C[C@@H]2CC21. The van der Waals surface area contributed by atoms with E-state index in [9.17, 15) is 14.9 Å². The number of nitrogens with two attached hydrogens (primary N) is 2. The van der Waals surface area contributed by atoms with E-state index in [0.717, 1.165) is 39.4 Å². The van der Waals surface area contributed by atoms with Crippen molar-refractivity contribution in [1.29, 1.82) is 5.26 Å². The first-order chi connectivity index (χ1) is 18.3. The number of rotatable bonds is 9. The van der Waals surface area contributed by atoms with Crippen LogP contribution in [0, 0.1) is 17.2 Å². The number of fused-ring (bicyclic) bond motifs is 3. The number of piperidine rings is 1. The van der Waals surface area contributed by atoms with Gasteiger partial charge in [-0.1, -0.05) is 11.8 Å². The Morgan fingerprint density at radius 3 is 2.39 bits per heavy atom. The number of aromatic nitrogens is 4. The molecule has 11 nitrogen and oxygen atoms in total. The Labute approximate surface area is 226 Å². The lowest BCUT2D eigenvalue weighted by Crippen LogP contribution is -2.38. The third kappa shape index (κ3) is 3.91. The summed E-state index contributed by atoms with van der Waals surface area (Å²) in [4.78, 5) is 29.3. The van der Waals surface area contributed by atoms with E-state index in [0.29, 0.717) is 59.9 Å². The third-order valence-corrected chi connectivity index (χ3v) is 10.6. The molecule has 0 radical (unpaired) electrons. The fourth-order valence-electron chi connectivity index (χ4n) is 6.08. The van der Waals surface area contributed by atoms with Gasteiger partial charge in [-0.15, -0.1) is 32.9 Å². The first-order valence-electron chi connectivity index (χ1n) is 12.5. The smallest absolute Gasteiger partial charge is 0.258 e. The van der Waals surface area contributed by atoms with Gasteiger partial charge in [0.15, 0.2) is 5.82 Å². The number of carbonyl (C=O) groups excluding carboxylic acids is 2. The summed E-state index contributed by atoms with van der Waals surface area (Å²) in [5.74, 6) is 0.0973. The largest absolute Gasteiger partial charge is 0.365 e. The Morgan fingerprint density at radius 2 is 1.84 bits per heavy atom. The normalized spacial score (nSPS) is 22.6. The van der Waals surface area contributed by atoms with Crippen molar-refractivity contribution in [3.8, 4) is 6.07 Å². The number of H-pyrrole nitrogens is 1. The predicted molar refractivity (Wildman–Crippen MR) is 142 cm³/mol. The van der Waals surface area contributed by atoms with Crippen LogP contribution in [0.5, 0.6) is 0 Å². The molecule has 1 saturated heterocycles. The molecule has 2 fully saturated rings. The fraction of sp³-hybridized carbons (Fsp3) is 0.440. The summed E-state index contributed by atoms with van der Waals surface area (Å²) in [5.41, 5.74) is 13.4. The number of thiophene rings is 2. The van der Waals surface area contributed by atoms with Crippen molar-refractivity contribution >= 4 is 34.5 Å². The molecule has 4 heterocycles. The van der Waals surface area contributed by atoms with Gasteiger partial charge >= 0.3 is 0 Å². The predicted octanol–water partition coefficient (Wildman–Crippen LogP) is 1.43. The number of amides is 2. The molecule has 0 aromatic carbocycles. The van der Waals surface area contributed by atoms with Crippen LogP contribution in [0.25, 0.3) is 0 Å². The molecule has 2 unspecified atom stereocenters. The minimum absolute atomic E-state index is 0.109. The average Bonchev–Trinajstić information content (AvgIpc) is 3.40. The number of likely N-dealkylation sites (tertiary alicyclic amines) is 1. The van der Waals surface area contributed by atoms with Gasteiger partial charge < -0.3 is 21.7 Å². The van der Waals surface area contributed by atoms with E-state index < -0.39 is 17.2 Å². The molecule has 1 aliphatic heterocycles. The lowest BCUT2D eigenvalue weighted by Gasteiger charge is -2.31. The van der Waals surface area contributed by atoms with E-state index in [1.165, 1.54) is 22.7 Å². The zero-order valence-electron chi connectivity index (χ0n) is 20.6. The molecular formula is C25H27N9O2S2. The molecular weight excluding hydrogens is 522 g/mol. The number of carbonyl (C=O) groups is 2. The summed E-state index contributed by atoms with van der Waals surface area (Å²) in [7, 11) is 0. The molecule has 3 aliphatic rings. The van der Waals surface area contributed by atoms with Crippen LogP contribution in [0.3, 0.4) is 0 Å². The van der Waals surface area contributed by atoms with E-state index in [1.807, 2.05) is 12.1 Å². The molecule has 2 aliphatic carbocycles. The summed E-state index contributed by atoms with van der Waals surface area (Å²) < 4.78 is 0. The van der Waals surface area contributed by atoms with E-state index in [2.05, 4.69) is 43.5 Å². The van der Waals surface area contributed by atoms with Crippen molar-refractivity contribution in [3.05, 3.63) is 60.9 Å². The van der Waals surface area contributed by atoms with E-state index in [4.69, 9.17) is 11.5 Å². The minimum Gasteiger partial charge on any atom is -0.365 e. The molecule has 38 heavy (non-hydrogen) atoms. The highest BCUT2D eigenvalue weighted by atomic mass is 32.1. The maximum atomic E-state index is 12.2. The molecule has 13 heteroatoms. The molecule has 6 N–H and O–H groups in total. The Balaban J connectivity index is 1.35. The summed E-state index contributed by atoms with van der Waals surface area (Å²) in [6.45, 7) is 5.36. The number of tetrazole rings is 1. The molecule has 0 spiro atoms. The van der Waals surface area contributed by atoms with E-state index in [1.54, 1.807) is 0 Å². The van der Waals surface area contributed by atoms with Crippen LogP contribution in [0.2, 0.25) is 0 Å². The number of aromatic amines is 1. The maximum Gasteiger partial charge on any atom is 0.258 e. The van der Waals surface area contributed by atoms with Crippen LogP contribution in [0.1, 0.15) is 65.3 Å². The van der Waals surface area contributed by atoms with E-state index >= 15 is 0 Å². The molecule has 2 amide bonds. The minimum atomic E-state index is -0.857. The van der Waals surface area contributed by atoms with Crippen molar-refractivity contribution in [2.45, 2.75) is 49.6 Å². The summed E-state index contributed by atoms with van der Waals surface area (Å²) in [6.07, 6.45) is 3.93. The highest BCUT2D eigenvalue weighted by Gasteiger charge is 2.52. The van der Waals surface area contributed by atoms with Gasteiger partial charge in [0.2, 0.25) is 0 Å². The number of hydrogen-bond donors (Lipinski definition) is 4. The van der Waals surface area contributed by atoms with Gasteiger partial charge in [-0.3, -0.25) is 9.59 Å². The highest BCUT2D eigenvalue weighted by Crippen LogP contribution is 2.52. The van der Waals surface area contributed by atoms with Crippen LogP contribution in [-0.2, 0) is 18.3 Å². The van der Waals surface area contributed by atoms with Crippen LogP contribution in [-0.4, -0.2) is 62.5 Å². The maximum absolute atomic E-state index is 12.2. The van der Waals surface area contributed by atoms with Crippen molar-refractivity contribution in [2.75, 3.05) is 13.1 Å². The number of nitrogens with zero attached hydrogens (tertiary/aromatic N) is 5. The second kappa shape index (κ2) is 9.30. The number of nitriles is 1. The number of primary amides is 2. The molecule has 0 bridgehead atoms. The first-order valence-corrected chi connectivity index (χ1v) is 14.1. The number of hydrogen-bond acceptors (Lipinski definition) is 10. The quantitative estimate of drug-likeness (QED) is 0.289. The molecule has 1 saturated carbocycles. The van der Waals surface area contributed by atoms with Gasteiger partial charge in [0.05, 0.1) is 15.8 Å². The molecule has 6 rings (SSSR count). The van der Waals surface area contributed by atoms with Crippen LogP contribution in [0.15, 0.2) is 24.4 Å². The standard InChI is InChI=1S/C25H27N9O2S2/c1-12(34-16(10-26)6-15-7-17(15)34)11-29-5-4-25(24-30-32-33-31-24)20-13(8-18(37-20)22(27)35)2-3-14-9-19(23(28)36)38-21(14)25/h8-9,15-17,29H,1-7,11H2,(H2,27,35)(H2,28,36)(H,30,31,32,33)/t15-,16?,17?/m1/s1. The van der Waals surface area contributed by atoms with Gasteiger partial charge in [-0.2, -0.15) is 10.5 Å². The second-order valence-corrected chi connectivity index (χ2v) is 12.2. The van der Waals surface area contributed by atoms with Crippen molar-refractivity contribution in [3.63, 3.8) is 0 Å². The molecule has 3 atom stereocenters. The van der Waals surface area contributed by atoms with Gasteiger partial charge in [0, 0.05) is 28.0 Å². The first kappa shape index (κ1) is 24.7. The van der Waals surface area contributed by atoms with Crippen molar-refractivity contribution in [1.82, 2.24) is 30.8 Å². The number of nitrogens with one attached hydrogen (secondary N) is 2. The summed E-state index contributed by atoms with van der Waals surface area (Å²) >= 11 is 2.68. The lowest BCUT2D eigenvalue weighted by molar-refractivity contribution is 0.0995. The van der Waals surface area contributed by atoms with Gasteiger partial charge in [-0.25, -0.2) is 0 Å².